The van der Waals surface area contributed by atoms with Crippen LogP contribution in [0.15, 0.2) is 0 Å². The van der Waals surface area contributed by atoms with Gasteiger partial charge in [0.1, 0.15) is 0 Å². The summed E-state index contributed by atoms with van der Waals surface area (Å²) in [6, 6.07) is 0. The van der Waals surface area contributed by atoms with Crippen LogP contribution in [0.5, 0.6) is 0 Å². The van der Waals surface area contributed by atoms with Crippen LogP contribution in [0.1, 0.15) is 60.8 Å². The number of carbonyl (C=O) groups excluding carboxylic acids is 2. The molecule has 4 nitrogen and oxygen atoms in total. The molecule has 0 fully saturated rings. The van der Waals surface area contributed by atoms with E-state index in [2.05, 4.69) is 52.2 Å². The Bertz CT molecular complexity index is 268. The first-order valence-electron chi connectivity index (χ1n) is 7.03. The second-order valence-electron chi connectivity index (χ2n) is 7.53. The quantitative estimate of drug-likeness (QED) is 0.779. The molecule has 19 heavy (non-hydrogen) atoms. The summed E-state index contributed by atoms with van der Waals surface area (Å²) < 4.78 is 0. The van der Waals surface area contributed by atoms with Crippen LogP contribution in [-0.4, -0.2) is 24.9 Å². The van der Waals surface area contributed by atoms with Crippen molar-refractivity contribution in [2.24, 2.45) is 10.8 Å². The molecule has 0 rings (SSSR count). The molecule has 0 atom stereocenters. The van der Waals surface area contributed by atoms with Gasteiger partial charge >= 0.3 is 0 Å². The Kier molecular flexibility index (Phi) is 7.09. The lowest BCUT2D eigenvalue weighted by molar-refractivity contribution is -0.122. The highest BCUT2D eigenvalue weighted by molar-refractivity contribution is 5.78. The molecule has 0 aromatic carbocycles. The fourth-order valence-corrected chi connectivity index (χ4v) is 1.31. The Morgan fingerprint density at radius 2 is 1.05 bits per heavy atom. The summed E-state index contributed by atoms with van der Waals surface area (Å²) in [5.41, 5.74) is 0.194. The van der Waals surface area contributed by atoms with Crippen molar-refractivity contribution in [3.63, 3.8) is 0 Å². The molecule has 0 spiro atoms. The number of rotatable bonds is 6. The number of hydrogen-bond acceptors (Lipinski definition) is 2. The van der Waals surface area contributed by atoms with E-state index in [-0.39, 0.29) is 22.6 Å². The molecule has 0 bridgehead atoms. The first-order valence-corrected chi connectivity index (χ1v) is 7.03. The predicted molar refractivity (Wildman–Crippen MR) is 78.8 cm³/mol. The summed E-state index contributed by atoms with van der Waals surface area (Å²) >= 11 is 0. The van der Waals surface area contributed by atoms with Crippen LogP contribution in [0.25, 0.3) is 0 Å². The minimum absolute atomic E-state index is 0.0264. The van der Waals surface area contributed by atoms with E-state index >= 15 is 0 Å². The number of amides is 2. The Morgan fingerprint density at radius 3 is 1.32 bits per heavy atom. The van der Waals surface area contributed by atoms with E-state index in [4.69, 9.17) is 0 Å². The molecule has 2 N–H and O–H groups in total. The number of carbonyl (C=O) groups is 2. The largest absolute Gasteiger partial charge is 0.356 e. The van der Waals surface area contributed by atoms with Crippen LogP contribution in [0.4, 0.5) is 0 Å². The molecule has 0 aromatic heterocycles. The molecule has 0 heterocycles. The molecule has 112 valence electrons. The summed E-state index contributed by atoms with van der Waals surface area (Å²) in [6.07, 6.45) is 1.43. The SMILES string of the molecule is CC(C)(C)CNC(=O)CCCC(=O)NCC(C)(C)C. The highest BCUT2D eigenvalue weighted by Gasteiger charge is 2.13. The van der Waals surface area contributed by atoms with Crippen LogP contribution in [0.3, 0.4) is 0 Å². The second kappa shape index (κ2) is 7.51. The molecular formula is C15H30N2O2. The van der Waals surface area contributed by atoms with Crippen LogP contribution < -0.4 is 10.6 Å². The highest BCUT2D eigenvalue weighted by Crippen LogP contribution is 2.11. The van der Waals surface area contributed by atoms with Gasteiger partial charge in [0, 0.05) is 25.9 Å². The highest BCUT2D eigenvalue weighted by atomic mass is 16.2. The molecular weight excluding hydrogens is 240 g/mol. The van der Waals surface area contributed by atoms with Crippen LogP contribution >= 0.6 is 0 Å². The maximum atomic E-state index is 11.5. The van der Waals surface area contributed by atoms with Gasteiger partial charge in [-0.2, -0.15) is 0 Å². The topological polar surface area (TPSA) is 58.2 Å². The molecule has 0 unspecified atom stereocenters. The van der Waals surface area contributed by atoms with Gasteiger partial charge in [-0.3, -0.25) is 9.59 Å². The minimum Gasteiger partial charge on any atom is -0.356 e. The zero-order valence-corrected chi connectivity index (χ0v) is 13.4. The lowest BCUT2D eigenvalue weighted by atomic mass is 9.97. The van der Waals surface area contributed by atoms with E-state index in [1.165, 1.54) is 0 Å². The van der Waals surface area contributed by atoms with Crippen LogP contribution in [0, 0.1) is 10.8 Å². The van der Waals surface area contributed by atoms with Crippen LogP contribution in [-0.2, 0) is 9.59 Å². The van der Waals surface area contributed by atoms with Gasteiger partial charge in [-0.25, -0.2) is 0 Å². The van der Waals surface area contributed by atoms with Gasteiger partial charge in [0.05, 0.1) is 0 Å². The molecule has 0 aliphatic carbocycles. The second-order valence-corrected chi connectivity index (χ2v) is 7.53. The third-order valence-corrected chi connectivity index (χ3v) is 2.44. The van der Waals surface area contributed by atoms with Gasteiger partial charge in [0.15, 0.2) is 0 Å². The van der Waals surface area contributed by atoms with Crippen molar-refractivity contribution in [3.05, 3.63) is 0 Å². The summed E-state index contributed by atoms with van der Waals surface area (Å²) in [7, 11) is 0. The van der Waals surface area contributed by atoms with Gasteiger partial charge in [0.25, 0.3) is 0 Å². The smallest absolute Gasteiger partial charge is 0.220 e. The molecule has 0 aliphatic heterocycles. The average molecular weight is 270 g/mol. The normalized spacial score (nSPS) is 12.1. The molecule has 0 aliphatic rings. The lowest BCUT2D eigenvalue weighted by Gasteiger charge is -2.19. The van der Waals surface area contributed by atoms with Crippen molar-refractivity contribution in [1.82, 2.24) is 10.6 Å². The van der Waals surface area contributed by atoms with Gasteiger partial charge < -0.3 is 10.6 Å². The third-order valence-electron chi connectivity index (χ3n) is 2.44. The predicted octanol–water partition coefficient (Wildman–Crippen LogP) is 2.48. The van der Waals surface area contributed by atoms with Crippen molar-refractivity contribution < 1.29 is 9.59 Å². The van der Waals surface area contributed by atoms with E-state index in [1.54, 1.807) is 0 Å². The van der Waals surface area contributed by atoms with E-state index in [0.717, 1.165) is 0 Å². The molecule has 2 amide bonds. The Morgan fingerprint density at radius 1 is 0.737 bits per heavy atom. The summed E-state index contributed by atoms with van der Waals surface area (Å²) in [5, 5.41) is 5.76. The number of nitrogens with one attached hydrogen (secondary N) is 2. The first-order chi connectivity index (χ1) is 8.49. The zero-order valence-electron chi connectivity index (χ0n) is 13.4. The van der Waals surface area contributed by atoms with E-state index in [0.29, 0.717) is 32.4 Å². The summed E-state index contributed by atoms with van der Waals surface area (Å²) in [5.74, 6) is 0.0529. The zero-order chi connectivity index (χ0) is 15.1. The van der Waals surface area contributed by atoms with Gasteiger partial charge in [-0.05, 0) is 17.3 Å². The van der Waals surface area contributed by atoms with Crippen LogP contribution in [0.2, 0.25) is 0 Å². The standard InChI is InChI=1S/C15H30N2O2/c1-14(2,3)10-16-12(18)8-7-9-13(19)17-11-15(4,5)6/h7-11H2,1-6H3,(H,16,18)(H,17,19). The van der Waals surface area contributed by atoms with Gasteiger partial charge in [0.2, 0.25) is 11.8 Å². The van der Waals surface area contributed by atoms with Crippen molar-refractivity contribution >= 4 is 11.8 Å². The van der Waals surface area contributed by atoms with Gasteiger partial charge in [-0.15, -0.1) is 0 Å². The van der Waals surface area contributed by atoms with Crippen molar-refractivity contribution in [2.75, 3.05) is 13.1 Å². The molecule has 0 saturated carbocycles. The molecule has 0 radical (unpaired) electrons. The third kappa shape index (κ3) is 13.2. The summed E-state index contributed by atoms with van der Waals surface area (Å²) in [6.45, 7) is 13.8. The fraction of sp³-hybridized carbons (Fsp3) is 0.867. The number of hydrogen-bond donors (Lipinski definition) is 2. The monoisotopic (exact) mass is 270 g/mol. The Hall–Kier alpha value is -1.06. The van der Waals surface area contributed by atoms with E-state index in [1.807, 2.05) is 0 Å². The first kappa shape index (κ1) is 17.9. The Balaban J connectivity index is 3.68. The summed E-state index contributed by atoms with van der Waals surface area (Å²) in [4.78, 5) is 23.1. The average Bonchev–Trinajstić information content (AvgIpc) is 2.22. The minimum atomic E-state index is 0.0264. The molecule has 4 heteroatoms. The lowest BCUT2D eigenvalue weighted by Crippen LogP contribution is -2.33. The Labute approximate surface area is 117 Å². The molecule has 0 aromatic rings. The van der Waals surface area contributed by atoms with Crippen molar-refractivity contribution in [2.45, 2.75) is 60.8 Å². The van der Waals surface area contributed by atoms with Crippen molar-refractivity contribution in [1.29, 1.82) is 0 Å². The van der Waals surface area contributed by atoms with Crippen molar-refractivity contribution in [3.8, 4) is 0 Å². The maximum Gasteiger partial charge on any atom is 0.220 e. The fourth-order valence-electron chi connectivity index (χ4n) is 1.31. The van der Waals surface area contributed by atoms with Gasteiger partial charge in [-0.1, -0.05) is 41.5 Å². The van der Waals surface area contributed by atoms with E-state index in [9.17, 15) is 9.59 Å². The molecule has 0 saturated heterocycles. The van der Waals surface area contributed by atoms with E-state index < -0.39 is 0 Å². The maximum absolute atomic E-state index is 11.5.